The van der Waals surface area contributed by atoms with Gasteiger partial charge in [0.2, 0.25) is 0 Å². The number of hydrogen-bond donors (Lipinski definition) is 1. The Morgan fingerprint density at radius 3 is 2.60 bits per heavy atom. The zero-order valence-corrected chi connectivity index (χ0v) is 10.1. The third kappa shape index (κ3) is 1.97. The van der Waals surface area contributed by atoms with Gasteiger partial charge in [0.1, 0.15) is 0 Å². The number of nitrogens with two attached hydrogens (primary N) is 1. The molecule has 0 radical (unpaired) electrons. The van der Waals surface area contributed by atoms with Crippen molar-refractivity contribution in [3.8, 4) is 11.4 Å². The van der Waals surface area contributed by atoms with Crippen molar-refractivity contribution >= 4 is 11.3 Å². The summed E-state index contributed by atoms with van der Waals surface area (Å²) < 4.78 is 39.7. The van der Waals surface area contributed by atoms with E-state index in [1.165, 1.54) is 6.07 Å². The maximum absolute atomic E-state index is 12.7. The Bertz CT molecular complexity index is 777. The molecule has 0 saturated carbocycles. The number of fused-ring (bicyclic) bond motifs is 1. The number of alkyl halides is 3. The summed E-state index contributed by atoms with van der Waals surface area (Å²) in [6, 6.07) is 8.28. The van der Waals surface area contributed by atoms with Crippen LogP contribution in [-0.2, 0) is 6.18 Å². The second-order valence-corrected chi connectivity index (χ2v) is 4.26. The van der Waals surface area contributed by atoms with Crippen molar-refractivity contribution in [2.75, 3.05) is 5.73 Å². The second-order valence-electron chi connectivity index (χ2n) is 4.26. The number of rotatable bonds is 1. The Labute approximate surface area is 111 Å². The lowest BCUT2D eigenvalue weighted by Gasteiger charge is -2.08. The number of pyridine rings is 1. The molecule has 3 rings (SSSR count). The number of aromatic nitrogens is 3. The molecule has 2 aromatic heterocycles. The number of nitrogen functional groups attached to an aromatic ring is 1. The Balaban J connectivity index is 2.19. The second kappa shape index (κ2) is 4.22. The van der Waals surface area contributed by atoms with E-state index in [0.717, 1.165) is 12.1 Å². The van der Waals surface area contributed by atoms with Crippen molar-refractivity contribution in [3.63, 3.8) is 0 Å². The van der Waals surface area contributed by atoms with Gasteiger partial charge >= 0.3 is 6.18 Å². The molecule has 0 amide bonds. The summed E-state index contributed by atoms with van der Waals surface area (Å²) in [5, 5.41) is 7.81. The summed E-state index contributed by atoms with van der Waals surface area (Å²) in [6.45, 7) is 0. The summed E-state index contributed by atoms with van der Waals surface area (Å²) in [4.78, 5) is 0. The fourth-order valence-corrected chi connectivity index (χ4v) is 1.97. The zero-order valence-electron chi connectivity index (χ0n) is 10.1. The van der Waals surface area contributed by atoms with Crippen molar-refractivity contribution in [1.29, 1.82) is 0 Å². The van der Waals surface area contributed by atoms with E-state index in [0.29, 0.717) is 22.7 Å². The van der Waals surface area contributed by atoms with Gasteiger partial charge < -0.3 is 5.73 Å². The van der Waals surface area contributed by atoms with Gasteiger partial charge in [0.25, 0.3) is 0 Å². The highest BCUT2D eigenvalue weighted by Crippen LogP contribution is 2.32. The first-order chi connectivity index (χ1) is 9.47. The SMILES string of the molecule is Nc1cccn2c(-c3cccc(C(F)(F)F)c3)nnc12. The third-order valence-corrected chi connectivity index (χ3v) is 2.91. The molecule has 7 heteroatoms. The minimum Gasteiger partial charge on any atom is -0.396 e. The highest BCUT2D eigenvalue weighted by atomic mass is 19.4. The fraction of sp³-hybridized carbons (Fsp3) is 0.0769. The summed E-state index contributed by atoms with van der Waals surface area (Å²) in [5.74, 6) is 0.318. The van der Waals surface area contributed by atoms with Crippen LogP contribution in [0.4, 0.5) is 18.9 Å². The molecule has 0 saturated heterocycles. The smallest absolute Gasteiger partial charge is 0.396 e. The monoisotopic (exact) mass is 278 g/mol. The Kier molecular flexibility index (Phi) is 2.63. The molecule has 0 aliphatic carbocycles. The summed E-state index contributed by atoms with van der Waals surface area (Å²) in [5.41, 5.74) is 6.18. The molecular formula is C13H9F3N4. The molecule has 0 atom stereocenters. The largest absolute Gasteiger partial charge is 0.416 e. The number of benzene rings is 1. The van der Waals surface area contributed by atoms with E-state index in [1.54, 1.807) is 28.8 Å². The van der Waals surface area contributed by atoms with Gasteiger partial charge in [-0.2, -0.15) is 13.2 Å². The minimum absolute atomic E-state index is 0.318. The standard InChI is InChI=1S/C13H9F3N4/c14-13(15,16)9-4-1-3-8(7-9)11-18-19-12-10(17)5-2-6-20(11)12/h1-7H,17H2. The van der Waals surface area contributed by atoms with Crippen molar-refractivity contribution in [1.82, 2.24) is 14.6 Å². The van der Waals surface area contributed by atoms with Gasteiger partial charge in [-0.25, -0.2) is 0 Å². The first-order valence-corrected chi connectivity index (χ1v) is 5.73. The van der Waals surface area contributed by atoms with Gasteiger partial charge in [0, 0.05) is 11.8 Å². The van der Waals surface area contributed by atoms with E-state index in [2.05, 4.69) is 10.2 Å². The van der Waals surface area contributed by atoms with Crippen LogP contribution in [-0.4, -0.2) is 14.6 Å². The van der Waals surface area contributed by atoms with Crippen LogP contribution in [0.15, 0.2) is 42.6 Å². The number of nitrogens with zero attached hydrogens (tertiary/aromatic N) is 3. The molecule has 2 N–H and O–H groups in total. The van der Waals surface area contributed by atoms with E-state index in [-0.39, 0.29) is 0 Å². The van der Waals surface area contributed by atoms with E-state index >= 15 is 0 Å². The van der Waals surface area contributed by atoms with Gasteiger partial charge in [0.05, 0.1) is 11.3 Å². The molecule has 4 nitrogen and oxygen atoms in total. The number of halogens is 3. The Morgan fingerprint density at radius 1 is 1.05 bits per heavy atom. The highest BCUT2D eigenvalue weighted by Gasteiger charge is 2.30. The summed E-state index contributed by atoms with van der Waals surface area (Å²) in [6.07, 6.45) is -2.74. The van der Waals surface area contributed by atoms with Gasteiger partial charge in [-0.15, -0.1) is 10.2 Å². The third-order valence-electron chi connectivity index (χ3n) is 2.91. The first-order valence-electron chi connectivity index (χ1n) is 5.73. The van der Waals surface area contributed by atoms with Gasteiger partial charge in [0.15, 0.2) is 11.5 Å². The average Bonchev–Trinajstić information content (AvgIpc) is 2.83. The van der Waals surface area contributed by atoms with Gasteiger partial charge in [-0.05, 0) is 24.3 Å². The number of hydrogen-bond acceptors (Lipinski definition) is 3. The van der Waals surface area contributed by atoms with E-state index < -0.39 is 11.7 Å². The zero-order chi connectivity index (χ0) is 14.3. The van der Waals surface area contributed by atoms with Crippen LogP contribution in [0.2, 0.25) is 0 Å². The quantitative estimate of drug-likeness (QED) is 0.744. The summed E-state index contributed by atoms with van der Waals surface area (Å²) >= 11 is 0. The molecule has 0 fully saturated rings. The van der Waals surface area contributed by atoms with Crippen molar-refractivity contribution < 1.29 is 13.2 Å². The van der Waals surface area contributed by atoms with Crippen LogP contribution in [0.1, 0.15) is 5.56 Å². The van der Waals surface area contributed by atoms with E-state index in [9.17, 15) is 13.2 Å². The van der Waals surface area contributed by atoms with Crippen LogP contribution in [0.25, 0.3) is 17.0 Å². The average molecular weight is 278 g/mol. The van der Waals surface area contributed by atoms with Crippen molar-refractivity contribution in [2.45, 2.75) is 6.18 Å². The van der Waals surface area contributed by atoms with E-state index in [1.807, 2.05) is 0 Å². The molecule has 0 unspecified atom stereocenters. The highest BCUT2D eigenvalue weighted by molar-refractivity contribution is 5.69. The van der Waals surface area contributed by atoms with E-state index in [4.69, 9.17) is 5.73 Å². The predicted octanol–water partition coefficient (Wildman–Crippen LogP) is 3.00. The lowest BCUT2D eigenvalue weighted by atomic mass is 10.1. The number of anilines is 1. The van der Waals surface area contributed by atoms with Crippen LogP contribution >= 0.6 is 0 Å². The van der Waals surface area contributed by atoms with Crippen LogP contribution in [0.3, 0.4) is 0 Å². The first kappa shape index (κ1) is 12.5. The minimum atomic E-state index is -4.39. The topological polar surface area (TPSA) is 56.2 Å². The molecule has 20 heavy (non-hydrogen) atoms. The van der Waals surface area contributed by atoms with Crippen LogP contribution in [0.5, 0.6) is 0 Å². The fourth-order valence-electron chi connectivity index (χ4n) is 1.97. The molecular weight excluding hydrogens is 269 g/mol. The van der Waals surface area contributed by atoms with Crippen molar-refractivity contribution in [3.05, 3.63) is 48.2 Å². The van der Waals surface area contributed by atoms with Crippen LogP contribution in [0, 0.1) is 0 Å². The molecule has 0 aliphatic rings. The molecule has 102 valence electrons. The molecule has 0 spiro atoms. The molecule has 1 aromatic carbocycles. The molecule has 3 aromatic rings. The predicted molar refractivity (Wildman–Crippen MR) is 67.8 cm³/mol. The van der Waals surface area contributed by atoms with Crippen LogP contribution < -0.4 is 5.73 Å². The molecule has 2 heterocycles. The normalized spacial score (nSPS) is 11.9. The Morgan fingerprint density at radius 2 is 1.85 bits per heavy atom. The summed E-state index contributed by atoms with van der Waals surface area (Å²) in [7, 11) is 0. The molecule has 0 aliphatic heterocycles. The van der Waals surface area contributed by atoms with Crippen molar-refractivity contribution in [2.24, 2.45) is 0 Å². The van der Waals surface area contributed by atoms with Gasteiger partial charge in [-0.1, -0.05) is 12.1 Å². The Hall–Kier alpha value is -2.57. The maximum Gasteiger partial charge on any atom is 0.416 e. The van der Waals surface area contributed by atoms with Gasteiger partial charge in [-0.3, -0.25) is 4.40 Å². The maximum atomic E-state index is 12.7. The lowest BCUT2D eigenvalue weighted by Crippen LogP contribution is -2.04. The lowest BCUT2D eigenvalue weighted by molar-refractivity contribution is -0.137. The molecule has 0 bridgehead atoms.